The molecule has 0 radical (unpaired) electrons. The summed E-state index contributed by atoms with van der Waals surface area (Å²) < 4.78 is 10.4. The maximum absolute atomic E-state index is 11.7. The highest BCUT2D eigenvalue weighted by Gasteiger charge is 2.18. The number of nitrogens with zero attached hydrogens (tertiary/aromatic N) is 1. The van der Waals surface area contributed by atoms with Crippen LogP contribution in [0, 0.1) is 0 Å². The van der Waals surface area contributed by atoms with Crippen molar-refractivity contribution in [1.29, 1.82) is 0 Å². The van der Waals surface area contributed by atoms with Gasteiger partial charge in [-0.2, -0.15) is 5.10 Å². The van der Waals surface area contributed by atoms with E-state index in [9.17, 15) is 4.79 Å². The highest BCUT2D eigenvalue weighted by atomic mass is 16.5. The number of aryl methyl sites for hydroxylation is 1. The number of hydrogen-bond donors (Lipinski definition) is 1. The molecule has 0 aliphatic carbocycles. The number of furan rings is 1. The molecule has 1 N–H and O–H groups in total. The minimum atomic E-state index is -0.353. The van der Waals surface area contributed by atoms with Crippen LogP contribution in [0.5, 0.6) is 0 Å². The molecule has 5 heteroatoms. The largest absolute Gasteiger partial charge is 0.465 e. The van der Waals surface area contributed by atoms with Gasteiger partial charge in [0, 0.05) is 11.1 Å². The fraction of sp³-hybridized carbons (Fsp3) is 0.130. The number of benzene rings is 2. The first-order valence-electron chi connectivity index (χ1n) is 9.10. The van der Waals surface area contributed by atoms with E-state index in [1.165, 1.54) is 12.7 Å². The van der Waals surface area contributed by atoms with Crippen LogP contribution in [0.1, 0.15) is 21.5 Å². The summed E-state index contributed by atoms with van der Waals surface area (Å²) in [5, 5.41) is 7.67. The van der Waals surface area contributed by atoms with E-state index < -0.39 is 0 Å². The lowest BCUT2D eigenvalue weighted by atomic mass is 9.98. The number of carbonyl (C=O) groups excluding carboxylic acids is 1. The second kappa shape index (κ2) is 7.96. The Labute approximate surface area is 163 Å². The lowest BCUT2D eigenvalue weighted by Crippen LogP contribution is -2.00. The first-order chi connectivity index (χ1) is 13.8. The summed E-state index contributed by atoms with van der Waals surface area (Å²) in [6.45, 7) is 0. The summed E-state index contributed by atoms with van der Waals surface area (Å²) in [6.07, 6.45) is 3.36. The smallest absolute Gasteiger partial charge is 0.337 e. The fourth-order valence-electron chi connectivity index (χ4n) is 3.27. The average Bonchev–Trinajstić information content (AvgIpc) is 3.42. The number of carbonyl (C=O) groups is 1. The molecule has 0 aliphatic heterocycles. The molecular weight excluding hydrogens is 352 g/mol. The normalized spacial score (nSPS) is 10.8. The quantitative estimate of drug-likeness (QED) is 0.488. The molecular formula is C23H20N2O3. The van der Waals surface area contributed by atoms with Crippen molar-refractivity contribution in [2.24, 2.45) is 0 Å². The van der Waals surface area contributed by atoms with Gasteiger partial charge in [-0.1, -0.05) is 42.5 Å². The number of methoxy groups -OCH3 is 1. The zero-order valence-corrected chi connectivity index (χ0v) is 15.5. The van der Waals surface area contributed by atoms with Gasteiger partial charge < -0.3 is 9.15 Å². The summed E-state index contributed by atoms with van der Waals surface area (Å²) in [5.74, 6) is 0.405. The van der Waals surface area contributed by atoms with Crippen LogP contribution in [0.4, 0.5) is 0 Å². The summed E-state index contributed by atoms with van der Waals surface area (Å²) >= 11 is 0. The molecule has 2 aromatic heterocycles. The van der Waals surface area contributed by atoms with E-state index in [0.29, 0.717) is 5.56 Å². The molecule has 2 aromatic carbocycles. The third-order valence-corrected chi connectivity index (χ3v) is 4.72. The molecule has 0 saturated heterocycles. The lowest BCUT2D eigenvalue weighted by molar-refractivity contribution is 0.0601. The van der Waals surface area contributed by atoms with Crippen molar-refractivity contribution in [1.82, 2.24) is 10.2 Å². The zero-order valence-electron chi connectivity index (χ0n) is 15.5. The molecule has 140 valence electrons. The van der Waals surface area contributed by atoms with Crippen LogP contribution in [0.3, 0.4) is 0 Å². The number of H-pyrrole nitrogens is 1. The minimum absolute atomic E-state index is 0.353. The van der Waals surface area contributed by atoms with Gasteiger partial charge in [0.2, 0.25) is 0 Å². The van der Waals surface area contributed by atoms with Gasteiger partial charge in [0.25, 0.3) is 0 Å². The van der Waals surface area contributed by atoms with E-state index >= 15 is 0 Å². The van der Waals surface area contributed by atoms with Crippen molar-refractivity contribution in [2.45, 2.75) is 12.8 Å². The SMILES string of the molecule is COC(=O)c1ccc(-c2n[nH]c(-c3ccco3)c2CCc2ccccc2)cc1. The van der Waals surface area contributed by atoms with Crippen LogP contribution in [0.15, 0.2) is 77.4 Å². The molecule has 4 rings (SSSR count). The van der Waals surface area contributed by atoms with Gasteiger partial charge in [-0.15, -0.1) is 0 Å². The topological polar surface area (TPSA) is 68.1 Å². The molecule has 0 spiro atoms. The molecule has 2 heterocycles. The van der Waals surface area contributed by atoms with Crippen molar-refractivity contribution in [3.63, 3.8) is 0 Å². The molecule has 0 saturated carbocycles. The van der Waals surface area contributed by atoms with E-state index in [1.807, 2.05) is 42.5 Å². The Hall–Kier alpha value is -3.60. The Morgan fingerprint density at radius 3 is 2.46 bits per heavy atom. The second-order valence-corrected chi connectivity index (χ2v) is 6.46. The van der Waals surface area contributed by atoms with Gasteiger partial charge in [0.05, 0.1) is 24.6 Å². The number of hydrogen-bond acceptors (Lipinski definition) is 4. The molecule has 0 unspecified atom stereocenters. The third kappa shape index (κ3) is 3.60. The summed E-state index contributed by atoms with van der Waals surface area (Å²) in [7, 11) is 1.38. The molecule has 28 heavy (non-hydrogen) atoms. The van der Waals surface area contributed by atoms with E-state index in [-0.39, 0.29) is 5.97 Å². The molecule has 0 bridgehead atoms. The van der Waals surface area contributed by atoms with Crippen LogP contribution >= 0.6 is 0 Å². The number of esters is 1. The minimum Gasteiger partial charge on any atom is -0.465 e. The summed E-state index contributed by atoms with van der Waals surface area (Å²) in [4.78, 5) is 11.7. The van der Waals surface area contributed by atoms with Gasteiger partial charge in [-0.25, -0.2) is 4.79 Å². The fourth-order valence-corrected chi connectivity index (χ4v) is 3.27. The van der Waals surface area contributed by atoms with Gasteiger partial charge in [0.15, 0.2) is 5.76 Å². The third-order valence-electron chi connectivity index (χ3n) is 4.72. The van der Waals surface area contributed by atoms with E-state index in [4.69, 9.17) is 9.15 Å². The van der Waals surface area contributed by atoms with Crippen LogP contribution in [-0.4, -0.2) is 23.3 Å². The Balaban J connectivity index is 1.69. The average molecular weight is 372 g/mol. The number of aromatic amines is 1. The standard InChI is InChI=1S/C23H20N2O3/c1-27-23(26)18-12-10-17(11-13-18)21-19(14-9-16-6-3-2-4-7-16)22(25-24-21)20-8-5-15-28-20/h2-8,10-13,15H,9,14H2,1H3,(H,24,25). The lowest BCUT2D eigenvalue weighted by Gasteiger charge is -2.07. The summed E-state index contributed by atoms with van der Waals surface area (Å²) in [6, 6.07) is 21.4. The van der Waals surface area contributed by atoms with Crippen molar-refractivity contribution < 1.29 is 13.9 Å². The number of rotatable bonds is 6. The van der Waals surface area contributed by atoms with E-state index in [1.54, 1.807) is 18.4 Å². The maximum Gasteiger partial charge on any atom is 0.337 e. The van der Waals surface area contributed by atoms with Crippen molar-refractivity contribution in [2.75, 3.05) is 7.11 Å². The highest BCUT2D eigenvalue weighted by Crippen LogP contribution is 2.31. The molecule has 4 aromatic rings. The van der Waals surface area contributed by atoms with E-state index in [0.717, 1.165) is 41.1 Å². The molecule has 0 fully saturated rings. The van der Waals surface area contributed by atoms with Crippen LogP contribution in [0.2, 0.25) is 0 Å². The van der Waals surface area contributed by atoms with Crippen LogP contribution < -0.4 is 0 Å². The van der Waals surface area contributed by atoms with Crippen molar-refractivity contribution >= 4 is 5.97 Å². The van der Waals surface area contributed by atoms with E-state index in [2.05, 4.69) is 22.3 Å². The van der Waals surface area contributed by atoms with Gasteiger partial charge in [0.1, 0.15) is 5.69 Å². The monoisotopic (exact) mass is 372 g/mol. The molecule has 0 aliphatic rings. The van der Waals surface area contributed by atoms with Crippen LogP contribution in [-0.2, 0) is 17.6 Å². The Kier molecular flexibility index (Phi) is 5.06. The Morgan fingerprint density at radius 1 is 1.00 bits per heavy atom. The Morgan fingerprint density at radius 2 is 1.79 bits per heavy atom. The maximum atomic E-state index is 11.7. The van der Waals surface area contributed by atoms with Gasteiger partial charge in [-0.3, -0.25) is 5.10 Å². The predicted molar refractivity (Wildman–Crippen MR) is 107 cm³/mol. The first-order valence-corrected chi connectivity index (χ1v) is 9.10. The van der Waals surface area contributed by atoms with Crippen molar-refractivity contribution in [3.05, 3.63) is 89.7 Å². The predicted octanol–water partition coefficient (Wildman–Crippen LogP) is 4.91. The van der Waals surface area contributed by atoms with Crippen LogP contribution in [0.25, 0.3) is 22.7 Å². The number of aromatic nitrogens is 2. The molecule has 0 atom stereocenters. The van der Waals surface area contributed by atoms with Gasteiger partial charge in [-0.05, 0) is 42.7 Å². The van der Waals surface area contributed by atoms with Crippen molar-refractivity contribution in [3.8, 4) is 22.7 Å². The summed E-state index contributed by atoms with van der Waals surface area (Å²) in [5.41, 5.74) is 5.54. The second-order valence-electron chi connectivity index (χ2n) is 6.46. The number of ether oxygens (including phenoxy) is 1. The molecule has 5 nitrogen and oxygen atoms in total. The number of nitrogens with one attached hydrogen (secondary N) is 1. The molecule has 0 amide bonds. The Bertz CT molecular complexity index is 1050. The highest BCUT2D eigenvalue weighted by molar-refractivity contribution is 5.90. The zero-order chi connectivity index (χ0) is 19.3. The van der Waals surface area contributed by atoms with Gasteiger partial charge >= 0.3 is 5.97 Å². The first kappa shape index (κ1) is 17.8.